The number of H-pyrrole nitrogens is 1. The Kier molecular flexibility index (Phi) is 5.50. The van der Waals surface area contributed by atoms with Crippen LogP contribution < -0.4 is 10.3 Å². The minimum atomic E-state index is -0.376. The van der Waals surface area contributed by atoms with Crippen molar-refractivity contribution in [2.45, 2.75) is 27.2 Å². The number of methoxy groups -OCH3 is 1. The van der Waals surface area contributed by atoms with Crippen molar-refractivity contribution in [3.63, 3.8) is 0 Å². The van der Waals surface area contributed by atoms with Crippen molar-refractivity contribution in [2.24, 2.45) is 10.2 Å². The average Bonchev–Trinajstić information content (AvgIpc) is 2.94. The van der Waals surface area contributed by atoms with E-state index in [0.717, 1.165) is 22.2 Å². The molecular formula is C18H19BrN6O2. The number of aromatic nitrogens is 4. The van der Waals surface area contributed by atoms with Crippen molar-refractivity contribution < 1.29 is 4.74 Å². The summed E-state index contributed by atoms with van der Waals surface area (Å²) in [5, 5.41) is 11.2. The Morgan fingerprint density at radius 1 is 1.19 bits per heavy atom. The van der Waals surface area contributed by atoms with Crippen LogP contribution in [0.2, 0.25) is 0 Å². The van der Waals surface area contributed by atoms with Gasteiger partial charge in [-0.2, -0.15) is 14.8 Å². The summed E-state index contributed by atoms with van der Waals surface area (Å²) in [6, 6.07) is 7.31. The highest BCUT2D eigenvalue weighted by molar-refractivity contribution is 9.10. The normalized spacial score (nSPS) is 11.3. The smallest absolute Gasteiger partial charge is 0.301 e. The van der Waals surface area contributed by atoms with Gasteiger partial charge in [-0.25, -0.2) is 4.98 Å². The Bertz CT molecular complexity index is 1050. The lowest BCUT2D eigenvalue weighted by Crippen LogP contribution is -2.18. The topological polar surface area (TPSA) is 97.5 Å². The predicted octanol–water partition coefficient (Wildman–Crippen LogP) is 4.32. The summed E-state index contributed by atoms with van der Waals surface area (Å²) < 4.78 is 7.54. The molecule has 2 heterocycles. The Morgan fingerprint density at radius 3 is 2.52 bits per heavy atom. The molecule has 0 spiro atoms. The third-order valence-corrected chi connectivity index (χ3v) is 4.57. The molecule has 1 aromatic carbocycles. The van der Waals surface area contributed by atoms with Crippen LogP contribution in [-0.4, -0.2) is 26.9 Å². The minimum Gasteiger partial charge on any atom is -0.481 e. The van der Waals surface area contributed by atoms with Gasteiger partial charge in [0.2, 0.25) is 5.88 Å². The number of aromatic amines is 1. The second kappa shape index (κ2) is 7.83. The van der Waals surface area contributed by atoms with Crippen LogP contribution in [0.1, 0.15) is 23.9 Å². The van der Waals surface area contributed by atoms with Gasteiger partial charge in [-0.05, 0) is 44.5 Å². The molecule has 0 bridgehead atoms. The Morgan fingerprint density at radius 2 is 1.89 bits per heavy atom. The SMILES string of the molecule is CCc1c(C)nc(-n2[nH]c(C)c(N=Nc3ccc(Br)cc3)c2=O)nc1OC. The Labute approximate surface area is 164 Å². The summed E-state index contributed by atoms with van der Waals surface area (Å²) in [4.78, 5) is 21.6. The molecule has 9 heteroatoms. The number of benzene rings is 1. The largest absolute Gasteiger partial charge is 0.481 e. The number of nitrogens with one attached hydrogen (secondary N) is 1. The number of halogens is 1. The fraction of sp³-hybridized carbons (Fsp3) is 0.278. The zero-order valence-electron chi connectivity index (χ0n) is 15.4. The second-order valence-corrected chi connectivity index (χ2v) is 6.77. The number of ether oxygens (including phenoxy) is 1. The number of nitrogens with zero attached hydrogens (tertiary/aromatic N) is 5. The molecule has 0 saturated carbocycles. The highest BCUT2D eigenvalue weighted by Crippen LogP contribution is 2.22. The van der Waals surface area contributed by atoms with Crippen LogP contribution in [-0.2, 0) is 6.42 Å². The first-order valence-electron chi connectivity index (χ1n) is 8.35. The van der Waals surface area contributed by atoms with Crippen LogP contribution in [0.15, 0.2) is 43.8 Å². The molecule has 3 aromatic rings. The maximum absolute atomic E-state index is 12.8. The van der Waals surface area contributed by atoms with Crippen LogP contribution in [0.3, 0.4) is 0 Å². The van der Waals surface area contributed by atoms with Gasteiger partial charge in [0, 0.05) is 15.7 Å². The van der Waals surface area contributed by atoms with E-state index in [1.807, 2.05) is 26.0 Å². The fourth-order valence-electron chi connectivity index (χ4n) is 2.64. The van der Waals surface area contributed by atoms with E-state index in [9.17, 15) is 4.79 Å². The highest BCUT2D eigenvalue weighted by atomic mass is 79.9. The van der Waals surface area contributed by atoms with E-state index in [4.69, 9.17) is 4.74 Å². The summed E-state index contributed by atoms with van der Waals surface area (Å²) in [7, 11) is 1.55. The monoisotopic (exact) mass is 430 g/mol. The summed E-state index contributed by atoms with van der Waals surface area (Å²) in [5.74, 6) is 0.664. The van der Waals surface area contributed by atoms with E-state index in [1.54, 1.807) is 26.2 Å². The molecule has 0 amide bonds. The maximum Gasteiger partial charge on any atom is 0.301 e. The van der Waals surface area contributed by atoms with E-state index < -0.39 is 0 Å². The van der Waals surface area contributed by atoms with Crippen LogP contribution in [0.5, 0.6) is 5.88 Å². The molecule has 0 saturated heterocycles. The first-order valence-corrected chi connectivity index (χ1v) is 9.14. The fourth-order valence-corrected chi connectivity index (χ4v) is 2.91. The van der Waals surface area contributed by atoms with E-state index in [1.165, 1.54) is 4.68 Å². The number of hydrogen-bond acceptors (Lipinski definition) is 6. The van der Waals surface area contributed by atoms with E-state index >= 15 is 0 Å². The maximum atomic E-state index is 12.8. The molecular weight excluding hydrogens is 412 g/mol. The van der Waals surface area contributed by atoms with Crippen molar-refractivity contribution in [2.75, 3.05) is 7.11 Å². The van der Waals surface area contributed by atoms with Gasteiger partial charge < -0.3 is 4.74 Å². The van der Waals surface area contributed by atoms with Crippen LogP contribution in [0, 0.1) is 13.8 Å². The molecule has 1 N–H and O–H groups in total. The average molecular weight is 431 g/mol. The molecule has 140 valence electrons. The molecule has 0 fully saturated rings. The molecule has 0 atom stereocenters. The van der Waals surface area contributed by atoms with Crippen LogP contribution >= 0.6 is 15.9 Å². The molecule has 0 aliphatic heterocycles. The first-order chi connectivity index (χ1) is 12.9. The quantitative estimate of drug-likeness (QED) is 0.609. The first kappa shape index (κ1) is 19.0. The lowest BCUT2D eigenvalue weighted by atomic mass is 10.2. The predicted molar refractivity (Wildman–Crippen MR) is 106 cm³/mol. The zero-order valence-corrected chi connectivity index (χ0v) is 17.0. The van der Waals surface area contributed by atoms with Gasteiger partial charge in [0.05, 0.1) is 18.5 Å². The Balaban J connectivity index is 2.02. The van der Waals surface area contributed by atoms with Crippen molar-refractivity contribution in [3.05, 3.63) is 56.0 Å². The molecule has 3 rings (SSSR count). The van der Waals surface area contributed by atoms with Crippen LogP contribution in [0.4, 0.5) is 11.4 Å². The van der Waals surface area contributed by atoms with Gasteiger partial charge in [-0.3, -0.25) is 9.89 Å². The third-order valence-electron chi connectivity index (χ3n) is 4.04. The van der Waals surface area contributed by atoms with Crippen molar-refractivity contribution >= 4 is 27.3 Å². The number of rotatable bonds is 5. The second-order valence-electron chi connectivity index (χ2n) is 5.85. The lowest BCUT2D eigenvalue weighted by Gasteiger charge is -2.10. The van der Waals surface area contributed by atoms with E-state index in [-0.39, 0.29) is 17.2 Å². The zero-order chi connectivity index (χ0) is 19.6. The van der Waals surface area contributed by atoms with Crippen LogP contribution in [0.25, 0.3) is 5.95 Å². The van der Waals surface area contributed by atoms with Crippen molar-refractivity contribution in [1.29, 1.82) is 0 Å². The van der Waals surface area contributed by atoms with E-state index in [0.29, 0.717) is 17.3 Å². The summed E-state index contributed by atoms with van der Waals surface area (Å²) >= 11 is 3.37. The Hall–Kier alpha value is -2.81. The van der Waals surface area contributed by atoms with Crippen molar-refractivity contribution in [3.8, 4) is 11.8 Å². The standard InChI is InChI=1S/C18H19BrN6O2/c1-5-14-10(2)20-18(21-16(14)27-4)25-17(26)15(11(3)24-25)23-22-13-8-6-12(19)7-9-13/h6-9,24H,5H2,1-4H3. The van der Waals surface area contributed by atoms with Gasteiger partial charge in [0.25, 0.3) is 5.95 Å². The van der Waals surface area contributed by atoms with E-state index in [2.05, 4.69) is 41.2 Å². The minimum absolute atomic E-state index is 0.206. The number of hydrogen-bond donors (Lipinski definition) is 1. The number of aryl methyl sites for hydroxylation is 2. The highest BCUT2D eigenvalue weighted by Gasteiger charge is 2.17. The van der Waals surface area contributed by atoms with Gasteiger partial charge in [0.1, 0.15) is 0 Å². The summed E-state index contributed by atoms with van der Waals surface area (Å²) in [6.45, 7) is 5.61. The van der Waals surface area contributed by atoms with Gasteiger partial charge in [-0.15, -0.1) is 5.11 Å². The molecule has 0 aliphatic rings. The molecule has 0 unspecified atom stereocenters. The third kappa shape index (κ3) is 3.82. The molecule has 0 radical (unpaired) electrons. The summed E-state index contributed by atoms with van der Waals surface area (Å²) in [5.41, 5.74) is 2.72. The van der Waals surface area contributed by atoms with Gasteiger partial charge in [-0.1, -0.05) is 22.9 Å². The number of azo groups is 1. The molecule has 27 heavy (non-hydrogen) atoms. The summed E-state index contributed by atoms with van der Waals surface area (Å²) in [6.07, 6.45) is 0.737. The molecule has 8 nitrogen and oxygen atoms in total. The van der Waals surface area contributed by atoms with Gasteiger partial charge in [0.15, 0.2) is 5.69 Å². The lowest BCUT2D eigenvalue weighted by molar-refractivity contribution is 0.389. The van der Waals surface area contributed by atoms with Gasteiger partial charge >= 0.3 is 5.56 Å². The molecule has 2 aromatic heterocycles. The van der Waals surface area contributed by atoms with Crippen molar-refractivity contribution in [1.82, 2.24) is 19.7 Å². The molecule has 0 aliphatic carbocycles.